The maximum atomic E-state index is 6.32. The summed E-state index contributed by atoms with van der Waals surface area (Å²) in [4.78, 5) is 0. The summed E-state index contributed by atoms with van der Waals surface area (Å²) in [6, 6.07) is 2.33. The fourth-order valence-electron chi connectivity index (χ4n) is 3.09. The van der Waals surface area contributed by atoms with E-state index < -0.39 is 0 Å². The van der Waals surface area contributed by atoms with Crippen LogP contribution in [0, 0.1) is 17.8 Å². The summed E-state index contributed by atoms with van der Waals surface area (Å²) in [5.41, 5.74) is 7.56. The highest BCUT2D eigenvalue weighted by molar-refractivity contribution is 5.07. The first-order valence-corrected chi connectivity index (χ1v) is 6.93. The maximum Gasteiger partial charge on any atom is 0.0935 e. The molecule has 0 aromatic carbocycles. The van der Waals surface area contributed by atoms with Crippen molar-refractivity contribution < 1.29 is 4.42 Å². The van der Waals surface area contributed by atoms with Gasteiger partial charge in [0.2, 0.25) is 0 Å². The molecular formula is C15H25NO. The zero-order valence-corrected chi connectivity index (χ0v) is 11.1. The zero-order valence-electron chi connectivity index (χ0n) is 11.1. The number of furan rings is 1. The summed E-state index contributed by atoms with van der Waals surface area (Å²) in [6.45, 7) is 4.69. The van der Waals surface area contributed by atoms with E-state index in [-0.39, 0.29) is 0 Å². The van der Waals surface area contributed by atoms with Crippen molar-refractivity contribution in [2.75, 3.05) is 0 Å². The van der Waals surface area contributed by atoms with Gasteiger partial charge in [-0.3, -0.25) is 0 Å². The van der Waals surface area contributed by atoms with Gasteiger partial charge in [0.1, 0.15) is 0 Å². The van der Waals surface area contributed by atoms with Crippen LogP contribution in [0.3, 0.4) is 0 Å². The van der Waals surface area contributed by atoms with E-state index in [4.69, 9.17) is 10.2 Å². The van der Waals surface area contributed by atoms with Crippen molar-refractivity contribution in [3.8, 4) is 0 Å². The largest absolute Gasteiger partial charge is 0.472 e. The lowest BCUT2D eigenvalue weighted by atomic mass is 9.74. The van der Waals surface area contributed by atoms with Crippen LogP contribution in [0.15, 0.2) is 23.0 Å². The monoisotopic (exact) mass is 235 g/mol. The molecule has 1 heterocycles. The molecule has 1 aromatic rings. The molecule has 0 spiro atoms. The normalized spacial score (nSPS) is 27.3. The van der Waals surface area contributed by atoms with Gasteiger partial charge < -0.3 is 10.2 Å². The molecule has 1 fully saturated rings. The van der Waals surface area contributed by atoms with E-state index in [2.05, 4.69) is 13.8 Å². The molecule has 1 aliphatic rings. The Morgan fingerprint density at radius 1 is 1.24 bits per heavy atom. The first-order chi connectivity index (χ1) is 8.16. The van der Waals surface area contributed by atoms with Gasteiger partial charge in [0.25, 0.3) is 0 Å². The standard InChI is InChI=1S/C15H25NO/c1-11(2)13-3-5-14(6-4-13)15(16)9-12-7-8-17-10-12/h7-8,10-11,13-15H,3-6,9,16H2,1-2H3. The second-order valence-electron chi connectivity index (χ2n) is 5.92. The Morgan fingerprint density at radius 3 is 2.41 bits per heavy atom. The van der Waals surface area contributed by atoms with E-state index in [1.54, 1.807) is 6.26 Å². The molecule has 0 bridgehead atoms. The number of hydrogen-bond acceptors (Lipinski definition) is 2. The van der Waals surface area contributed by atoms with Crippen molar-refractivity contribution in [2.24, 2.45) is 23.5 Å². The fourth-order valence-corrected chi connectivity index (χ4v) is 3.09. The molecule has 2 heteroatoms. The Balaban J connectivity index is 1.80. The summed E-state index contributed by atoms with van der Waals surface area (Å²) in [6.07, 6.45) is 9.86. The highest BCUT2D eigenvalue weighted by atomic mass is 16.3. The summed E-state index contributed by atoms with van der Waals surface area (Å²) in [5.74, 6) is 2.47. The van der Waals surface area contributed by atoms with E-state index in [9.17, 15) is 0 Å². The minimum Gasteiger partial charge on any atom is -0.472 e. The van der Waals surface area contributed by atoms with Gasteiger partial charge in [-0.25, -0.2) is 0 Å². The van der Waals surface area contributed by atoms with E-state index in [1.165, 1.54) is 31.2 Å². The molecular weight excluding hydrogens is 210 g/mol. The van der Waals surface area contributed by atoms with E-state index >= 15 is 0 Å². The van der Waals surface area contributed by atoms with Crippen LogP contribution >= 0.6 is 0 Å². The van der Waals surface area contributed by atoms with Gasteiger partial charge in [0.15, 0.2) is 0 Å². The lowest BCUT2D eigenvalue weighted by Crippen LogP contribution is -2.35. The maximum absolute atomic E-state index is 6.32. The minimum absolute atomic E-state index is 0.306. The predicted octanol–water partition coefficient (Wildman–Crippen LogP) is 3.61. The first kappa shape index (κ1) is 12.7. The van der Waals surface area contributed by atoms with Crippen molar-refractivity contribution in [2.45, 2.75) is 52.0 Å². The van der Waals surface area contributed by atoms with E-state index in [1.807, 2.05) is 12.3 Å². The van der Waals surface area contributed by atoms with Gasteiger partial charge in [-0.05, 0) is 61.5 Å². The Labute approximate surface area is 105 Å². The van der Waals surface area contributed by atoms with Crippen molar-refractivity contribution >= 4 is 0 Å². The molecule has 2 nitrogen and oxygen atoms in total. The topological polar surface area (TPSA) is 39.2 Å². The van der Waals surface area contributed by atoms with Crippen molar-refractivity contribution in [3.63, 3.8) is 0 Å². The average molecular weight is 235 g/mol. The minimum atomic E-state index is 0.306. The van der Waals surface area contributed by atoms with Crippen LogP contribution in [-0.4, -0.2) is 6.04 Å². The third-order valence-electron chi connectivity index (χ3n) is 4.42. The second-order valence-corrected chi connectivity index (χ2v) is 5.92. The Morgan fingerprint density at radius 2 is 1.88 bits per heavy atom. The van der Waals surface area contributed by atoms with Gasteiger partial charge >= 0.3 is 0 Å². The molecule has 0 aliphatic heterocycles. The third-order valence-corrected chi connectivity index (χ3v) is 4.42. The van der Waals surface area contributed by atoms with Crippen LogP contribution in [0.2, 0.25) is 0 Å². The lowest BCUT2D eigenvalue weighted by molar-refractivity contribution is 0.202. The van der Waals surface area contributed by atoms with Crippen LogP contribution in [0.5, 0.6) is 0 Å². The molecule has 1 atom stereocenters. The number of hydrogen-bond donors (Lipinski definition) is 1. The highest BCUT2D eigenvalue weighted by Crippen LogP contribution is 2.34. The Hall–Kier alpha value is -0.760. The molecule has 2 rings (SSSR count). The van der Waals surface area contributed by atoms with Gasteiger partial charge in [0.05, 0.1) is 12.5 Å². The van der Waals surface area contributed by atoms with Crippen LogP contribution in [0.4, 0.5) is 0 Å². The lowest BCUT2D eigenvalue weighted by Gasteiger charge is -2.33. The van der Waals surface area contributed by atoms with Crippen LogP contribution in [-0.2, 0) is 6.42 Å². The molecule has 2 N–H and O–H groups in total. The second kappa shape index (κ2) is 5.72. The predicted molar refractivity (Wildman–Crippen MR) is 70.7 cm³/mol. The summed E-state index contributed by atoms with van der Waals surface area (Å²) >= 11 is 0. The summed E-state index contributed by atoms with van der Waals surface area (Å²) < 4.78 is 5.10. The van der Waals surface area contributed by atoms with Crippen LogP contribution < -0.4 is 5.73 Å². The van der Waals surface area contributed by atoms with Crippen molar-refractivity contribution in [1.29, 1.82) is 0 Å². The molecule has 1 aromatic heterocycles. The molecule has 1 saturated carbocycles. The SMILES string of the molecule is CC(C)C1CCC(C(N)Cc2ccoc2)CC1. The molecule has 17 heavy (non-hydrogen) atoms. The van der Waals surface area contributed by atoms with E-state index in [0.717, 1.165) is 18.3 Å². The molecule has 0 saturated heterocycles. The molecule has 0 radical (unpaired) electrons. The van der Waals surface area contributed by atoms with Gasteiger partial charge in [-0.1, -0.05) is 13.8 Å². The molecule has 96 valence electrons. The van der Waals surface area contributed by atoms with Crippen LogP contribution in [0.25, 0.3) is 0 Å². The summed E-state index contributed by atoms with van der Waals surface area (Å²) in [7, 11) is 0. The van der Waals surface area contributed by atoms with Gasteiger partial charge in [0, 0.05) is 6.04 Å². The molecule has 1 unspecified atom stereocenters. The average Bonchev–Trinajstić information content (AvgIpc) is 2.82. The van der Waals surface area contributed by atoms with Crippen molar-refractivity contribution in [1.82, 2.24) is 0 Å². The quantitative estimate of drug-likeness (QED) is 0.866. The van der Waals surface area contributed by atoms with Crippen LogP contribution in [0.1, 0.15) is 45.1 Å². The summed E-state index contributed by atoms with van der Waals surface area (Å²) in [5, 5.41) is 0. The molecule has 0 amide bonds. The zero-order chi connectivity index (χ0) is 12.3. The van der Waals surface area contributed by atoms with Crippen molar-refractivity contribution in [3.05, 3.63) is 24.2 Å². The molecule has 1 aliphatic carbocycles. The van der Waals surface area contributed by atoms with E-state index in [0.29, 0.717) is 12.0 Å². The Kier molecular flexibility index (Phi) is 4.27. The fraction of sp³-hybridized carbons (Fsp3) is 0.733. The Bertz CT molecular complexity index is 310. The number of rotatable bonds is 4. The number of nitrogens with two attached hydrogens (primary N) is 1. The van der Waals surface area contributed by atoms with Gasteiger partial charge in [-0.2, -0.15) is 0 Å². The first-order valence-electron chi connectivity index (χ1n) is 6.93. The smallest absolute Gasteiger partial charge is 0.0935 e. The highest BCUT2D eigenvalue weighted by Gasteiger charge is 2.27. The van der Waals surface area contributed by atoms with Gasteiger partial charge in [-0.15, -0.1) is 0 Å². The third kappa shape index (κ3) is 3.35.